The highest BCUT2D eigenvalue weighted by molar-refractivity contribution is 5.83. The molecule has 132 valence electrons. The van der Waals surface area contributed by atoms with Gasteiger partial charge in [0.25, 0.3) is 0 Å². The van der Waals surface area contributed by atoms with Crippen molar-refractivity contribution in [3.63, 3.8) is 0 Å². The van der Waals surface area contributed by atoms with Crippen molar-refractivity contribution in [1.29, 1.82) is 0 Å². The van der Waals surface area contributed by atoms with E-state index in [1.54, 1.807) is 0 Å². The van der Waals surface area contributed by atoms with Gasteiger partial charge in [0, 0.05) is 44.2 Å². The number of rotatable bonds is 4. The van der Waals surface area contributed by atoms with Gasteiger partial charge in [-0.05, 0) is 31.7 Å². The molecule has 1 aromatic carbocycles. The average molecular weight is 339 g/mol. The summed E-state index contributed by atoms with van der Waals surface area (Å²) in [6, 6.07) is 10.4. The standard InChI is InChI=1S/C20H25N3O2/c1-14-19(15(2)25-21-14)13-22-8-10-23(11-9-22)20(24)18-12-17(18)16-6-4-3-5-7-16/h3-7,17-18H,8-13H2,1-2H3. The van der Waals surface area contributed by atoms with Gasteiger partial charge in [-0.1, -0.05) is 35.5 Å². The van der Waals surface area contributed by atoms with Crippen molar-refractivity contribution in [3.8, 4) is 0 Å². The topological polar surface area (TPSA) is 49.6 Å². The Kier molecular flexibility index (Phi) is 4.34. The molecule has 2 fully saturated rings. The predicted molar refractivity (Wildman–Crippen MR) is 95.1 cm³/mol. The molecular formula is C20H25N3O2. The Labute approximate surface area is 148 Å². The van der Waals surface area contributed by atoms with Crippen molar-refractivity contribution >= 4 is 5.91 Å². The highest BCUT2D eigenvalue weighted by Crippen LogP contribution is 2.48. The van der Waals surface area contributed by atoms with Crippen LogP contribution in [0.3, 0.4) is 0 Å². The first-order valence-corrected chi connectivity index (χ1v) is 9.11. The van der Waals surface area contributed by atoms with Crippen molar-refractivity contribution < 1.29 is 9.32 Å². The zero-order valence-electron chi connectivity index (χ0n) is 14.9. The van der Waals surface area contributed by atoms with E-state index in [4.69, 9.17) is 4.52 Å². The van der Waals surface area contributed by atoms with Gasteiger partial charge in [0.05, 0.1) is 5.69 Å². The lowest BCUT2D eigenvalue weighted by molar-refractivity contribution is -0.134. The Morgan fingerprint density at radius 1 is 1.16 bits per heavy atom. The number of amides is 1. The van der Waals surface area contributed by atoms with Gasteiger partial charge in [-0.15, -0.1) is 0 Å². The smallest absolute Gasteiger partial charge is 0.226 e. The molecule has 5 heteroatoms. The molecule has 0 radical (unpaired) electrons. The first-order valence-electron chi connectivity index (χ1n) is 9.11. The summed E-state index contributed by atoms with van der Waals surface area (Å²) >= 11 is 0. The van der Waals surface area contributed by atoms with Crippen LogP contribution in [0, 0.1) is 19.8 Å². The fraction of sp³-hybridized carbons (Fsp3) is 0.500. The van der Waals surface area contributed by atoms with Crippen molar-refractivity contribution in [2.45, 2.75) is 32.7 Å². The maximum absolute atomic E-state index is 12.8. The molecule has 2 unspecified atom stereocenters. The summed E-state index contributed by atoms with van der Waals surface area (Å²) in [4.78, 5) is 17.2. The van der Waals surface area contributed by atoms with Crippen molar-refractivity contribution in [2.24, 2.45) is 5.92 Å². The largest absolute Gasteiger partial charge is 0.361 e. The van der Waals surface area contributed by atoms with E-state index >= 15 is 0 Å². The number of nitrogens with zero attached hydrogens (tertiary/aromatic N) is 3. The molecule has 2 atom stereocenters. The molecule has 0 bridgehead atoms. The van der Waals surface area contributed by atoms with Crippen LogP contribution in [0.1, 0.15) is 34.9 Å². The second kappa shape index (κ2) is 6.64. The second-order valence-electron chi connectivity index (χ2n) is 7.26. The highest BCUT2D eigenvalue weighted by Gasteiger charge is 2.45. The van der Waals surface area contributed by atoms with Gasteiger partial charge in [-0.25, -0.2) is 0 Å². The molecule has 4 rings (SSSR count). The molecule has 1 amide bonds. The summed E-state index contributed by atoms with van der Waals surface area (Å²) in [7, 11) is 0. The minimum absolute atomic E-state index is 0.191. The van der Waals surface area contributed by atoms with Gasteiger partial charge in [0.2, 0.25) is 5.91 Å². The van der Waals surface area contributed by atoms with E-state index < -0.39 is 0 Å². The lowest BCUT2D eigenvalue weighted by Gasteiger charge is -2.35. The van der Waals surface area contributed by atoms with Gasteiger partial charge < -0.3 is 9.42 Å². The Balaban J connectivity index is 1.30. The van der Waals surface area contributed by atoms with E-state index in [1.807, 2.05) is 19.9 Å². The Morgan fingerprint density at radius 2 is 1.88 bits per heavy atom. The maximum atomic E-state index is 12.8. The maximum Gasteiger partial charge on any atom is 0.226 e. The minimum Gasteiger partial charge on any atom is -0.361 e. The molecule has 2 aliphatic rings. The van der Waals surface area contributed by atoms with E-state index in [-0.39, 0.29) is 5.92 Å². The normalized spacial score (nSPS) is 23.7. The number of hydrogen-bond donors (Lipinski definition) is 0. The third-order valence-electron chi connectivity index (χ3n) is 5.58. The molecule has 0 N–H and O–H groups in total. The summed E-state index contributed by atoms with van der Waals surface area (Å²) in [5.41, 5.74) is 3.46. The number of carbonyl (C=O) groups excluding carboxylic acids is 1. The van der Waals surface area contributed by atoms with Crippen molar-refractivity contribution in [2.75, 3.05) is 26.2 Å². The van der Waals surface area contributed by atoms with Crippen LogP contribution in [-0.4, -0.2) is 47.0 Å². The van der Waals surface area contributed by atoms with Crippen molar-refractivity contribution in [1.82, 2.24) is 15.0 Å². The minimum atomic E-state index is 0.191. The second-order valence-corrected chi connectivity index (χ2v) is 7.26. The molecule has 2 aromatic rings. The number of piperazine rings is 1. The molecule has 25 heavy (non-hydrogen) atoms. The number of carbonyl (C=O) groups is 1. The van der Waals surface area contributed by atoms with Crippen LogP contribution in [-0.2, 0) is 11.3 Å². The van der Waals surface area contributed by atoms with E-state index in [1.165, 1.54) is 11.1 Å². The summed E-state index contributed by atoms with van der Waals surface area (Å²) in [5.74, 6) is 1.86. The van der Waals surface area contributed by atoms with Gasteiger partial charge in [0.15, 0.2) is 0 Å². The number of hydrogen-bond acceptors (Lipinski definition) is 4. The van der Waals surface area contributed by atoms with E-state index in [2.05, 4.69) is 39.2 Å². The molecule has 1 aliphatic carbocycles. The molecule has 1 aromatic heterocycles. The lowest BCUT2D eigenvalue weighted by Crippen LogP contribution is -2.48. The number of aromatic nitrogens is 1. The van der Waals surface area contributed by atoms with Crippen LogP contribution in [0.2, 0.25) is 0 Å². The summed E-state index contributed by atoms with van der Waals surface area (Å²) in [6.07, 6.45) is 1.00. The summed E-state index contributed by atoms with van der Waals surface area (Å²) < 4.78 is 5.25. The number of benzene rings is 1. The lowest BCUT2D eigenvalue weighted by atomic mass is 10.1. The van der Waals surface area contributed by atoms with E-state index in [0.717, 1.165) is 50.6 Å². The van der Waals surface area contributed by atoms with Crippen LogP contribution in [0.25, 0.3) is 0 Å². The highest BCUT2D eigenvalue weighted by atomic mass is 16.5. The Bertz CT molecular complexity index is 728. The first kappa shape index (κ1) is 16.3. The van der Waals surface area contributed by atoms with Crippen LogP contribution in [0.15, 0.2) is 34.9 Å². The quantitative estimate of drug-likeness (QED) is 0.859. The summed E-state index contributed by atoms with van der Waals surface area (Å²) in [6.45, 7) is 8.28. The average Bonchev–Trinajstić information content (AvgIpc) is 3.39. The molecule has 0 spiro atoms. The molecule has 1 saturated carbocycles. The molecule has 5 nitrogen and oxygen atoms in total. The van der Waals surface area contributed by atoms with Crippen LogP contribution in [0.5, 0.6) is 0 Å². The first-order chi connectivity index (χ1) is 12.1. The number of aryl methyl sites for hydroxylation is 2. The van der Waals surface area contributed by atoms with Gasteiger partial charge in [-0.2, -0.15) is 0 Å². The monoisotopic (exact) mass is 339 g/mol. The summed E-state index contributed by atoms with van der Waals surface area (Å²) in [5, 5.41) is 4.03. The zero-order chi connectivity index (χ0) is 17.4. The van der Waals surface area contributed by atoms with Gasteiger partial charge in [-0.3, -0.25) is 9.69 Å². The van der Waals surface area contributed by atoms with Crippen molar-refractivity contribution in [3.05, 3.63) is 52.9 Å². The fourth-order valence-electron chi connectivity index (χ4n) is 3.85. The predicted octanol–water partition coefficient (Wildman–Crippen LogP) is 2.74. The van der Waals surface area contributed by atoms with Gasteiger partial charge >= 0.3 is 0 Å². The van der Waals surface area contributed by atoms with Gasteiger partial charge in [0.1, 0.15) is 5.76 Å². The van der Waals surface area contributed by atoms with Crippen LogP contribution < -0.4 is 0 Å². The van der Waals surface area contributed by atoms with E-state index in [0.29, 0.717) is 11.8 Å². The Morgan fingerprint density at radius 3 is 2.52 bits per heavy atom. The molecular weight excluding hydrogens is 314 g/mol. The molecule has 1 aliphatic heterocycles. The SMILES string of the molecule is Cc1noc(C)c1CN1CCN(C(=O)C2CC2c2ccccc2)CC1. The third-order valence-corrected chi connectivity index (χ3v) is 5.58. The fourth-order valence-corrected chi connectivity index (χ4v) is 3.85. The third kappa shape index (κ3) is 3.33. The molecule has 1 saturated heterocycles. The van der Waals surface area contributed by atoms with E-state index in [9.17, 15) is 4.79 Å². The zero-order valence-corrected chi connectivity index (χ0v) is 14.9. The molecule has 2 heterocycles. The van der Waals surface area contributed by atoms with Crippen LogP contribution >= 0.6 is 0 Å². The van der Waals surface area contributed by atoms with Crippen LogP contribution in [0.4, 0.5) is 0 Å². The Hall–Kier alpha value is -2.14.